The first-order valence-electron chi connectivity index (χ1n) is 11.1. The second kappa shape index (κ2) is 13.8. The van der Waals surface area contributed by atoms with Crippen LogP contribution < -0.4 is 10.6 Å². The van der Waals surface area contributed by atoms with E-state index in [0.29, 0.717) is 12.1 Å². The Labute approximate surface area is 202 Å². The lowest BCUT2D eigenvalue weighted by Crippen LogP contribution is -2.53. The van der Waals surface area contributed by atoms with Crippen molar-refractivity contribution in [3.8, 4) is 5.75 Å². The van der Waals surface area contributed by atoms with Crippen molar-refractivity contribution in [1.29, 1.82) is 0 Å². The number of nitrogens with zero attached hydrogens (tertiary/aromatic N) is 1. The van der Waals surface area contributed by atoms with E-state index in [4.69, 9.17) is 4.74 Å². The topological polar surface area (TPSA) is 108 Å². The Bertz CT molecular complexity index is 810. The van der Waals surface area contributed by atoms with Crippen molar-refractivity contribution in [2.45, 2.75) is 64.6 Å². The second-order valence-electron chi connectivity index (χ2n) is 8.66. The molecule has 184 valence electrons. The number of carbonyl (C=O) groups excluding carboxylic acids is 3. The summed E-state index contributed by atoms with van der Waals surface area (Å²) < 4.78 is 5.26. The fourth-order valence-electron chi connectivity index (χ4n) is 3.15. The molecular formula is C24H37N3O5S. The summed E-state index contributed by atoms with van der Waals surface area (Å²) in [7, 11) is 0. The van der Waals surface area contributed by atoms with E-state index >= 15 is 0 Å². The van der Waals surface area contributed by atoms with Gasteiger partial charge in [-0.3, -0.25) is 9.59 Å². The van der Waals surface area contributed by atoms with Crippen molar-refractivity contribution < 1.29 is 24.2 Å². The number of unbranched alkanes of at least 4 members (excludes halogenated alkanes) is 2. The van der Waals surface area contributed by atoms with Crippen LogP contribution in [0.3, 0.4) is 0 Å². The van der Waals surface area contributed by atoms with Crippen LogP contribution in [0.4, 0.5) is 4.79 Å². The molecule has 0 spiro atoms. The largest absolute Gasteiger partial charge is 0.508 e. The fourth-order valence-corrected chi connectivity index (χ4v) is 3.40. The first-order valence-corrected chi connectivity index (χ1v) is 11.8. The highest BCUT2D eigenvalue weighted by Gasteiger charge is 2.35. The third-order valence-electron chi connectivity index (χ3n) is 4.61. The molecule has 3 amide bonds. The van der Waals surface area contributed by atoms with E-state index in [1.54, 1.807) is 32.9 Å². The van der Waals surface area contributed by atoms with Crippen molar-refractivity contribution in [1.82, 2.24) is 15.5 Å². The first-order chi connectivity index (χ1) is 15.5. The van der Waals surface area contributed by atoms with Gasteiger partial charge in [-0.15, -0.1) is 6.58 Å². The average Bonchev–Trinajstić information content (AvgIpc) is 2.73. The highest BCUT2D eigenvalue weighted by atomic mass is 32.1. The average molecular weight is 480 g/mol. The van der Waals surface area contributed by atoms with Gasteiger partial charge in [-0.05, 0) is 44.9 Å². The van der Waals surface area contributed by atoms with Crippen LogP contribution in [0.5, 0.6) is 5.75 Å². The Balaban J connectivity index is 3.24. The Kier molecular flexibility index (Phi) is 11.8. The van der Waals surface area contributed by atoms with Crippen molar-refractivity contribution in [3.63, 3.8) is 0 Å². The maximum Gasteiger partial charge on any atom is 0.408 e. The fraction of sp³-hybridized carbons (Fsp3) is 0.542. The van der Waals surface area contributed by atoms with E-state index in [-0.39, 0.29) is 24.0 Å². The number of carbonyl (C=O) groups is 3. The zero-order valence-corrected chi connectivity index (χ0v) is 20.9. The number of rotatable bonds is 12. The third kappa shape index (κ3) is 9.77. The molecule has 0 saturated carbocycles. The molecule has 1 rings (SSSR count). The summed E-state index contributed by atoms with van der Waals surface area (Å²) >= 11 is 4.22. The van der Waals surface area contributed by atoms with Crippen LogP contribution in [0, 0.1) is 0 Å². The van der Waals surface area contributed by atoms with Crippen molar-refractivity contribution in [3.05, 3.63) is 42.5 Å². The molecule has 0 aliphatic heterocycles. The summed E-state index contributed by atoms with van der Waals surface area (Å²) in [4.78, 5) is 40.2. The lowest BCUT2D eigenvalue weighted by atomic mass is 10.0. The minimum Gasteiger partial charge on any atom is -0.508 e. The number of hydrogen-bond donors (Lipinski definition) is 4. The van der Waals surface area contributed by atoms with Gasteiger partial charge in [0.15, 0.2) is 0 Å². The van der Waals surface area contributed by atoms with Crippen LogP contribution >= 0.6 is 12.6 Å². The van der Waals surface area contributed by atoms with Crippen molar-refractivity contribution in [2.24, 2.45) is 0 Å². The number of nitrogens with one attached hydrogen (secondary N) is 2. The summed E-state index contributed by atoms with van der Waals surface area (Å²) in [5.74, 6) is -0.939. The van der Waals surface area contributed by atoms with E-state index in [2.05, 4.69) is 36.8 Å². The lowest BCUT2D eigenvalue weighted by Gasteiger charge is -2.33. The van der Waals surface area contributed by atoms with Gasteiger partial charge in [-0.1, -0.05) is 38.0 Å². The van der Waals surface area contributed by atoms with Gasteiger partial charge in [0, 0.05) is 18.8 Å². The summed E-state index contributed by atoms with van der Waals surface area (Å²) in [6.07, 6.45) is 3.53. The van der Waals surface area contributed by atoms with Crippen molar-refractivity contribution in [2.75, 3.05) is 18.8 Å². The minimum absolute atomic E-state index is 0.00338. The number of alkyl carbamates (subject to hydrolysis) is 1. The van der Waals surface area contributed by atoms with Gasteiger partial charge in [0.2, 0.25) is 11.8 Å². The predicted molar refractivity (Wildman–Crippen MR) is 132 cm³/mol. The van der Waals surface area contributed by atoms with E-state index in [1.807, 2.05) is 0 Å². The highest BCUT2D eigenvalue weighted by Crippen LogP contribution is 2.25. The quantitative estimate of drug-likeness (QED) is 0.208. The van der Waals surface area contributed by atoms with Gasteiger partial charge in [0.1, 0.15) is 23.4 Å². The maximum atomic E-state index is 13.5. The second-order valence-corrected chi connectivity index (χ2v) is 9.02. The summed E-state index contributed by atoms with van der Waals surface area (Å²) in [5.41, 5.74) is -0.300. The van der Waals surface area contributed by atoms with E-state index < -0.39 is 29.7 Å². The number of ether oxygens (including phenoxy) is 1. The van der Waals surface area contributed by atoms with Crippen LogP contribution in [0.2, 0.25) is 0 Å². The molecule has 3 N–H and O–H groups in total. The summed E-state index contributed by atoms with van der Waals surface area (Å²) in [6, 6.07) is 4.13. The molecule has 0 bridgehead atoms. The molecule has 0 aliphatic carbocycles. The zero-order chi connectivity index (χ0) is 25.0. The van der Waals surface area contributed by atoms with E-state index in [1.165, 1.54) is 23.1 Å². The molecule has 0 saturated heterocycles. The lowest BCUT2D eigenvalue weighted by molar-refractivity contribution is -0.141. The Morgan fingerprint density at radius 2 is 1.97 bits per heavy atom. The number of thiol groups is 1. The van der Waals surface area contributed by atoms with Crippen LogP contribution in [0.25, 0.3) is 0 Å². The zero-order valence-electron chi connectivity index (χ0n) is 20.0. The molecule has 0 aromatic heterocycles. The molecular weight excluding hydrogens is 442 g/mol. The van der Waals surface area contributed by atoms with Gasteiger partial charge < -0.3 is 25.4 Å². The van der Waals surface area contributed by atoms with Crippen molar-refractivity contribution >= 4 is 30.5 Å². The van der Waals surface area contributed by atoms with Gasteiger partial charge in [0.05, 0.1) is 0 Å². The Morgan fingerprint density at radius 1 is 1.27 bits per heavy atom. The van der Waals surface area contributed by atoms with Crippen LogP contribution in [-0.2, 0) is 14.3 Å². The first kappa shape index (κ1) is 28.4. The monoisotopic (exact) mass is 479 g/mol. The van der Waals surface area contributed by atoms with E-state index in [9.17, 15) is 19.5 Å². The van der Waals surface area contributed by atoms with Crippen LogP contribution in [0.1, 0.15) is 58.6 Å². The standard InChI is InChI=1S/C24H37N3O5S/c1-6-8-9-13-25-21(29)20(17-11-10-12-18(28)15-17)27(14-7-2)22(30)19(16-33)26-23(31)32-24(3,4)5/h7,10-12,15,19-20,28,33H,2,6,8-9,13-14,16H2,1,3-5H3,(H,25,29)(H,26,31). The molecule has 33 heavy (non-hydrogen) atoms. The maximum absolute atomic E-state index is 13.5. The number of amides is 3. The molecule has 9 heteroatoms. The summed E-state index contributed by atoms with van der Waals surface area (Å²) in [6.45, 7) is 11.4. The smallest absolute Gasteiger partial charge is 0.408 e. The molecule has 0 radical (unpaired) electrons. The SMILES string of the molecule is C=CCN(C(=O)C(CS)NC(=O)OC(C)(C)C)C(C(=O)NCCCCC)c1cccc(O)c1. The van der Waals surface area contributed by atoms with Gasteiger partial charge >= 0.3 is 6.09 Å². The predicted octanol–water partition coefficient (Wildman–Crippen LogP) is 3.58. The third-order valence-corrected chi connectivity index (χ3v) is 4.97. The number of phenolic OH excluding ortho intramolecular Hbond substituents is 1. The van der Waals surface area contributed by atoms with Crippen LogP contribution in [-0.4, -0.2) is 58.4 Å². The molecule has 1 aromatic rings. The number of aromatic hydroxyl groups is 1. The molecule has 0 heterocycles. The molecule has 8 nitrogen and oxygen atoms in total. The van der Waals surface area contributed by atoms with Gasteiger partial charge in [-0.2, -0.15) is 12.6 Å². The minimum atomic E-state index is -1.04. The highest BCUT2D eigenvalue weighted by molar-refractivity contribution is 7.80. The Hall–Kier alpha value is -2.68. The molecule has 1 aromatic carbocycles. The molecule has 0 aliphatic rings. The molecule has 0 fully saturated rings. The normalized spacial score (nSPS) is 12.9. The number of phenols is 1. The number of hydrogen-bond acceptors (Lipinski definition) is 6. The van der Waals surface area contributed by atoms with Gasteiger partial charge in [0.25, 0.3) is 0 Å². The Morgan fingerprint density at radius 3 is 2.52 bits per heavy atom. The molecule has 2 atom stereocenters. The van der Waals surface area contributed by atoms with E-state index in [0.717, 1.165) is 19.3 Å². The molecule has 2 unspecified atom stereocenters. The van der Waals surface area contributed by atoms with Crippen LogP contribution in [0.15, 0.2) is 36.9 Å². The summed E-state index contributed by atoms with van der Waals surface area (Å²) in [5, 5.41) is 15.4. The number of benzene rings is 1. The van der Waals surface area contributed by atoms with Gasteiger partial charge in [-0.25, -0.2) is 4.79 Å².